The van der Waals surface area contributed by atoms with Crippen LogP contribution in [0, 0.1) is 17.8 Å². The standard InChI is InChI=1S/C20H27N/c1-21-12-19-16-7-9-18(11-16)20(19,13-21)17-8-6-14-4-2-3-5-15(14)10-17/h6,8,10,16,18-19H,2-5,7,9,11-13H2,1H3. The summed E-state index contributed by atoms with van der Waals surface area (Å²) in [4.78, 5) is 2.62. The summed E-state index contributed by atoms with van der Waals surface area (Å²) in [6.07, 6.45) is 9.97. The van der Waals surface area contributed by atoms with Crippen molar-refractivity contribution in [3.63, 3.8) is 0 Å². The van der Waals surface area contributed by atoms with E-state index in [1.54, 1.807) is 16.7 Å². The number of fused-ring (bicyclic) bond motifs is 6. The predicted molar refractivity (Wildman–Crippen MR) is 86.6 cm³/mol. The molecule has 4 aliphatic rings. The van der Waals surface area contributed by atoms with E-state index < -0.39 is 0 Å². The molecule has 21 heavy (non-hydrogen) atoms. The smallest absolute Gasteiger partial charge is 0.0151 e. The molecule has 0 amide bonds. The molecule has 1 aliphatic heterocycles. The van der Waals surface area contributed by atoms with Crippen LogP contribution in [0.4, 0.5) is 0 Å². The molecule has 0 aromatic heterocycles. The fraction of sp³-hybridized carbons (Fsp3) is 0.700. The molecule has 5 rings (SSSR count). The van der Waals surface area contributed by atoms with Gasteiger partial charge in [0, 0.05) is 18.5 Å². The normalized spacial score (nSPS) is 41.3. The van der Waals surface area contributed by atoms with Crippen LogP contribution in [-0.2, 0) is 18.3 Å². The van der Waals surface area contributed by atoms with Crippen LogP contribution in [0.1, 0.15) is 48.8 Å². The first-order chi connectivity index (χ1) is 10.3. The van der Waals surface area contributed by atoms with Crippen molar-refractivity contribution < 1.29 is 0 Å². The van der Waals surface area contributed by atoms with Crippen LogP contribution in [0.3, 0.4) is 0 Å². The van der Waals surface area contributed by atoms with Crippen molar-refractivity contribution >= 4 is 0 Å². The first-order valence-electron chi connectivity index (χ1n) is 9.08. The van der Waals surface area contributed by atoms with Gasteiger partial charge in [-0.2, -0.15) is 0 Å². The highest BCUT2D eigenvalue weighted by molar-refractivity contribution is 5.41. The van der Waals surface area contributed by atoms with Crippen LogP contribution >= 0.6 is 0 Å². The number of benzene rings is 1. The molecule has 2 bridgehead atoms. The maximum absolute atomic E-state index is 2.64. The molecule has 3 fully saturated rings. The summed E-state index contributed by atoms with van der Waals surface area (Å²) in [5.41, 5.74) is 5.56. The summed E-state index contributed by atoms with van der Waals surface area (Å²) in [5.74, 6) is 2.94. The van der Waals surface area contributed by atoms with Gasteiger partial charge in [0.1, 0.15) is 0 Å². The lowest BCUT2D eigenvalue weighted by Crippen LogP contribution is -2.40. The molecule has 0 spiro atoms. The zero-order chi connectivity index (χ0) is 14.0. The third kappa shape index (κ3) is 1.62. The second-order valence-corrected chi connectivity index (χ2v) is 8.30. The molecule has 0 radical (unpaired) electrons. The summed E-state index contributed by atoms with van der Waals surface area (Å²) in [6, 6.07) is 7.65. The third-order valence-corrected chi connectivity index (χ3v) is 7.36. The van der Waals surface area contributed by atoms with Gasteiger partial charge in [-0.1, -0.05) is 18.2 Å². The minimum Gasteiger partial charge on any atom is -0.305 e. The molecule has 1 nitrogen and oxygen atoms in total. The Morgan fingerprint density at radius 1 is 1.10 bits per heavy atom. The summed E-state index contributed by atoms with van der Waals surface area (Å²) >= 11 is 0. The van der Waals surface area contributed by atoms with Crippen molar-refractivity contribution in [1.82, 2.24) is 4.90 Å². The molecule has 2 saturated carbocycles. The molecule has 1 aromatic rings. The van der Waals surface area contributed by atoms with Gasteiger partial charge < -0.3 is 4.90 Å². The van der Waals surface area contributed by atoms with E-state index in [9.17, 15) is 0 Å². The Hall–Kier alpha value is -0.820. The lowest BCUT2D eigenvalue weighted by atomic mass is 9.63. The van der Waals surface area contributed by atoms with Gasteiger partial charge in [0.15, 0.2) is 0 Å². The number of rotatable bonds is 1. The van der Waals surface area contributed by atoms with Crippen LogP contribution < -0.4 is 0 Å². The highest BCUT2D eigenvalue weighted by Gasteiger charge is 2.61. The molecule has 1 heteroatoms. The second-order valence-electron chi connectivity index (χ2n) is 8.30. The van der Waals surface area contributed by atoms with Crippen LogP contribution in [0.5, 0.6) is 0 Å². The Bertz CT molecular complexity index is 577. The van der Waals surface area contributed by atoms with Crippen molar-refractivity contribution in [3.05, 3.63) is 34.9 Å². The lowest BCUT2D eigenvalue weighted by molar-refractivity contribution is 0.223. The molecule has 3 aliphatic carbocycles. The van der Waals surface area contributed by atoms with Crippen molar-refractivity contribution in [2.75, 3.05) is 20.1 Å². The summed E-state index contributed by atoms with van der Waals surface area (Å²) in [6.45, 7) is 2.66. The maximum Gasteiger partial charge on any atom is 0.0151 e. The van der Waals surface area contributed by atoms with E-state index in [-0.39, 0.29) is 0 Å². The highest BCUT2D eigenvalue weighted by atomic mass is 15.1. The first-order valence-corrected chi connectivity index (χ1v) is 9.08. The average molecular weight is 281 g/mol. The fourth-order valence-corrected chi connectivity index (χ4v) is 6.54. The molecule has 4 unspecified atom stereocenters. The van der Waals surface area contributed by atoms with Gasteiger partial charge in [-0.05, 0) is 86.4 Å². The maximum atomic E-state index is 2.64. The molecule has 112 valence electrons. The molecular formula is C20H27N. The van der Waals surface area contributed by atoms with E-state index in [2.05, 4.69) is 30.1 Å². The average Bonchev–Trinajstić information content (AvgIpc) is 3.17. The quantitative estimate of drug-likeness (QED) is 0.757. The fourth-order valence-electron chi connectivity index (χ4n) is 6.54. The summed E-state index contributed by atoms with van der Waals surface area (Å²) in [7, 11) is 2.35. The Morgan fingerprint density at radius 2 is 1.95 bits per heavy atom. The first kappa shape index (κ1) is 12.7. The zero-order valence-corrected chi connectivity index (χ0v) is 13.3. The van der Waals surface area contributed by atoms with Gasteiger partial charge in [0.05, 0.1) is 0 Å². The van der Waals surface area contributed by atoms with E-state index in [0.29, 0.717) is 5.41 Å². The van der Waals surface area contributed by atoms with E-state index in [1.807, 2.05) is 0 Å². The molecule has 1 saturated heterocycles. The zero-order valence-electron chi connectivity index (χ0n) is 13.3. The Labute approximate surface area is 128 Å². The lowest BCUT2D eigenvalue weighted by Gasteiger charge is -2.40. The molecule has 1 aromatic carbocycles. The number of likely N-dealkylation sites (tertiary alicyclic amines) is 1. The van der Waals surface area contributed by atoms with Crippen molar-refractivity contribution in [2.45, 2.75) is 50.4 Å². The minimum atomic E-state index is 0.518. The molecular weight excluding hydrogens is 254 g/mol. The highest BCUT2D eigenvalue weighted by Crippen LogP contribution is 2.63. The molecule has 1 heterocycles. The topological polar surface area (TPSA) is 3.24 Å². The van der Waals surface area contributed by atoms with E-state index >= 15 is 0 Å². The van der Waals surface area contributed by atoms with Crippen LogP contribution in [0.15, 0.2) is 18.2 Å². The Balaban J connectivity index is 1.62. The van der Waals surface area contributed by atoms with Gasteiger partial charge in [0.2, 0.25) is 0 Å². The van der Waals surface area contributed by atoms with Gasteiger partial charge in [-0.3, -0.25) is 0 Å². The van der Waals surface area contributed by atoms with Gasteiger partial charge in [-0.15, -0.1) is 0 Å². The van der Waals surface area contributed by atoms with E-state index in [1.165, 1.54) is 58.0 Å². The predicted octanol–water partition coefficient (Wildman–Crippen LogP) is 3.79. The SMILES string of the molecule is CN1CC2C3CCC(C3)C2(c2ccc3c(c2)CCCC3)C1. The number of aryl methyl sites for hydroxylation is 2. The Kier molecular flexibility index (Phi) is 2.63. The minimum absolute atomic E-state index is 0.518. The summed E-state index contributed by atoms with van der Waals surface area (Å²) in [5, 5.41) is 0. The van der Waals surface area contributed by atoms with Gasteiger partial charge in [0.25, 0.3) is 0 Å². The van der Waals surface area contributed by atoms with Crippen LogP contribution in [0.2, 0.25) is 0 Å². The number of nitrogens with zero attached hydrogens (tertiary/aromatic N) is 1. The molecule has 0 N–H and O–H groups in total. The second kappa shape index (κ2) is 4.35. The van der Waals surface area contributed by atoms with Crippen molar-refractivity contribution in [3.8, 4) is 0 Å². The Morgan fingerprint density at radius 3 is 2.86 bits per heavy atom. The monoisotopic (exact) mass is 281 g/mol. The van der Waals surface area contributed by atoms with Crippen molar-refractivity contribution in [1.29, 1.82) is 0 Å². The number of likely N-dealkylation sites (N-methyl/N-ethyl adjacent to an activating group) is 1. The van der Waals surface area contributed by atoms with Gasteiger partial charge in [-0.25, -0.2) is 0 Å². The van der Waals surface area contributed by atoms with E-state index in [4.69, 9.17) is 0 Å². The summed E-state index contributed by atoms with van der Waals surface area (Å²) < 4.78 is 0. The molecule has 4 atom stereocenters. The van der Waals surface area contributed by atoms with Crippen LogP contribution in [-0.4, -0.2) is 25.0 Å². The van der Waals surface area contributed by atoms with E-state index in [0.717, 1.165) is 17.8 Å². The van der Waals surface area contributed by atoms with Gasteiger partial charge >= 0.3 is 0 Å². The van der Waals surface area contributed by atoms with Crippen LogP contribution in [0.25, 0.3) is 0 Å². The largest absolute Gasteiger partial charge is 0.305 e. The number of hydrogen-bond acceptors (Lipinski definition) is 1. The third-order valence-electron chi connectivity index (χ3n) is 7.36. The van der Waals surface area contributed by atoms with Crippen molar-refractivity contribution in [2.24, 2.45) is 17.8 Å². The number of hydrogen-bond donors (Lipinski definition) is 0.